The van der Waals surface area contributed by atoms with Crippen LogP contribution in [0.3, 0.4) is 0 Å². The first-order valence-corrected chi connectivity index (χ1v) is 7.91. The molecule has 0 radical (unpaired) electrons. The third-order valence-electron chi connectivity index (χ3n) is 1.13. The Morgan fingerprint density at radius 1 is 1.07 bits per heavy atom. The molecule has 0 aliphatic rings. The van der Waals surface area contributed by atoms with Crippen LogP contribution in [0.5, 0.6) is 0 Å². The van der Waals surface area contributed by atoms with Crippen LogP contribution in [-0.4, -0.2) is 27.9 Å². The van der Waals surface area contributed by atoms with Crippen LogP contribution in [0.2, 0.25) is 0 Å². The highest BCUT2D eigenvalue weighted by Gasteiger charge is 2.31. The average Bonchev–Trinajstić information content (AvgIpc) is 2.09. The summed E-state index contributed by atoms with van der Waals surface area (Å²) in [6.45, 7) is 3.84. The van der Waals surface area contributed by atoms with E-state index >= 15 is 0 Å². The minimum absolute atomic E-state index is 0.122. The Kier molecular flexibility index (Phi) is 6.63. The van der Waals surface area contributed by atoms with Crippen molar-refractivity contribution in [2.24, 2.45) is 0 Å². The van der Waals surface area contributed by atoms with Gasteiger partial charge in [-0.15, -0.1) is 0 Å². The summed E-state index contributed by atoms with van der Waals surface area (Å²) in [4.78, 5) is 0. The number of rotatable bonds is 8. The minimum Gasteiger partial charge on any atom is -0.286 e. The Balaban J connectivity index is 4.47. The summed E-state index contributed by atoms with van der Waals surface area (Å²) >= 11 is 0. The van der Waals surface area contributed by atoms with E-state index in [1.165, 1.54) is 0 Å². The van der Waals surface area contributed by atoms with Crippen molar-refractivity contribution in [2.45, 2.75) is 26.7 Å². The fourth-order valence-electron chi connectivity index (χ4n) is 0.652. The summed E-state index contributed by atoms with van der Waals surface area (Å²) < 4.78 is 47.2. The van der Waals surface area contributed by atoms with Crippen LogP contribution in [0.4, 0.5) is 0 Å². The predicted molar refractivity (Wildman–Crippen MR) is 56.0 cm³/mol. The van der Waals surface area contributed by atoms with Gasteiger partial charge in [-0.1, -0.05) is 13.8 Å². The van der Waals surface area contributed by atoms with Gasteiger partial charge in [-0.25, -0.2) is 4.57 Å². The van der Waals surface area contributed by atoms with Gasteiger partial charge in [0.25, 0.3) is 10.1 Å². The maximum Gasteiger partial charge on any atom is 0.489 e. The van der Waals surface area contributed by atoms with E-state index in [4.69, 9.17) is 9.05 Å². The van der Waals surface area contributed by atoms with Gasteiger partial charge in [-0.3, -0.25) is 9.05 Å². The van der Waals surface area contributed by atoms with Crippen LogP contribution in [0.1, 0.15) is 26.7 Å². The van der Waals surface area contributed by atoms with Gasteiger partial charge in [0, 0.05) is 0 Å². The molecule has 0 saturated heterocycles. The van der Waals surface area contributed by atoms with Gasteiger partial charge in [-0.2, -0.15) is 12.4 Å². The highest BCUT2D eigenvalue weighted by Crippen LogP contribution is 2.50. The third kappa shape index (κ3) is 7.93. The fourth-order valence-corrected chi connectivity index (χ4v) is 3.21. The summed E-state index contributed by atoms with van der Waals surface area (Å²) in [5, 5.41) is 0. The lowest BCUT2D eigenvalue weighted by Gasteiger charge is -2.15. The minimum atomic E-state index is -3.96. The van der Waals surface area contributed by atoms with Crippen molar-refractivity contribution in [3.05, 3.63) is 0 Å². The number of hydrogen-bond donors (Lipinski definition) is 0. The molecule has 0 N–H and O–H groups in total. The van der Waals surface area contributed by atoms with Crippen molar-refractivity contribution < 1.29 is 26.0 Å². The topological polar surface area (TPSA) is 78.9 Å². The van der Waals surface area contributed by atoms with Crippen molar-refractivity contribution in [3.63, 3.8) is 0 Å². The predicted octanol–water partition coefficient (Wildman–Crippen LogP) is 1.92. The number of phosphoric acid groups is 1. The first-order valence-electron chi connectivity index (χ1n) is 4.63. The van der Waals surface area contributed by atoms with Crippen LogP contribution >= 0.6 is 7.82 Å². The Morgan fingerprint density at radius 3 is 1.73 bits per heavy atom. The van der Waals surface area contributed by atoms with Crippen molar-refractivity contribution >= 4 is 17.9 Å². The lowest BCUT2D eigenvalue weighted by molar-refractivity contribution is 0.158. The molecule has 0 heterocycles. The van der Waals surface area contributed by atoms with E-state index in [-0.39, 0.29) is 13.2 Å². The number of phosphoric ester groups is 1. The first-order chi connectivity index (χ1) is 6.83. The van der Waals surface area contributed by atoms with Gasteiger partial charge in [0.2, 0.25) is 0 Å². The zero-order valence-electron chi connectivity index (χ0n) is 9.13. The number of hydrogen-bond acceptors (Lipinski definition) is 6. The van der Waals surface area contributed by atoms with Crippen LogP contribution in [0.25, 0.3) is 0 Å². The molecular formula is C7H17O6PS. The van der Waals surface area contributed by atoms with Gasteiger partial charge >= 0.3 is 7.82 Å². The van der Waals surface area contributed by atoms with Gasteiger partial charge in [0.1, 0.15) is 0 Å². The average molecular weight is 260 g/mol. The molecule has 8 heteroatoms. The summed E-state index contributed by atoms with van der Waals surface area (Å²) in [6, 6.07) is 0. The molecule has 0 bridgehead atoms. The highest BCUT2D eigenvalue weighted by atomic mass is 32.2. The quantitative estimate of drug-likeness (QED) is 0.620. The smallest absolute Gasteiger partial charge is 0.286 e. The zero-order chi connectivity index (χ0) is 11.9. The Labute approximate surface area is 90.7 Å². The van der Waals surface area contributed by atoms with E-state index < -0.39 is 17.9 Å². The molecule has 0 rings (SSSR count). The fraction of sp³-hybridized carbons (Fsp3) is 1.00. The van der Waals surface area contributed by atoms with Gasteiger partial charge in [0.05, 0.1) is 19.5 Å². The van der Waals surface area contributed by atoms with Crippen LogP contribution in [0.15, 0.2) is 0 Å². The van der Waals surface area contributed by atoms with E-state index in [1.807, 2.05) is 0 Å². The molecule has 0 aromatic rings. The Bertz CT molecular complexity index is 299. The summed E-state index contributed by atoms with van der Waals surface area (Å²) in [5.74, 6) is 0. The Hall–Kier alpha value is 0.0600. The van der Waals surface area contributed by atoms with E-state index in [1.54, 1.807) is 13.8 Å². The molecule has 0 aliphatic carbocycles. The summed E-state index contributed by atoms with van der Waals surface area (Å²) in [7, 11) is -7.82. The van der Waals surface area contributed by atoms with Gasteiger partial charge in [0.15, 0.2) is 0 Å². The molecule has 0 amide bonds. The van der Waals surface area contributed by atoms with Crippen LogP contribution in [0, 0.1) is 0 Å². The zero-order valence-corrected chi connectivity index (χ0v) is 10.8. The van der Waals surface area contributed by atoms with Gasteiger partial charge < -0.3 is 0 Å². The van der Waals surface area contributed by atoms with E-state index in [9.17, 15) is 13.0 Å². The molecule has 0 aromatic heterocycles. The molecule has 15 heavy (non-hydrogen) atoms. The molecule has 0 fully saturated rings. The molecule has 0 saturated carbocycles. The highest BCUT2D eigenvalue weighted by molar-refractivity contribution is 7.90. The lowest BCUT2D eigenvalue weighted by atomic mass is 10.5. The lowest BCUT2D eigenvalue weighted by Crippen LogP contribution is -2.07. The summed E-state index contributed by atoms with van der Waals surface area (Å²) in [5.41, 5.74) is 0. The second kappa shape index (κ2) is 6.60. The van der Waals surface area contributed by atoms with Crippen molar-refractivity contribution in [3.8, 4) is 0 Å². The normalized spacial score (nSPS) is 13.0. The molecule has 0 aromatic carbocycles. The standard InChI is InChI=1S/C7H17O6PS/c1-4-6-11-14(8,12-7-5-2)13-15(3,9)10/h4-7H2,1-3H3. The van der Waals surface area contributed by atoms with Crippen molar-refractivity contribution in [2.75, 3.05) is 19.5 Å². The molecule has 6 nitrogen and oxygen atoms in total. The first kappa shape index (κ1) is 15.1. The second-order valence-electron chi connectivity index (χ2n) is 2.89. The summed E-state index contributed by atoms with van der Waals surface area (Å²) in [6.07, 6.45) is 1.98. The van der Waals surface area contributed by atoms with Crippen molar-refractivity contribution in [1.82, 2.24) is 0 Å². The van der Waals surface area contributed by atoms with Gasteiger partial charge in [-0.05, 0) is 12.8 Å². The third-order valence-corrected chi connectivity index (χ3v) is 3.94. The molecule has 0 unspecified atom stereocenters. The van der Waals surface area contributed by atoms with E-state index in [0.29, 0.717) is 12.8 Å². The van der Waals surface area contributed by atoms with Crippen molar-refractivity contribution in [1.29, 1.82) is 0 Å². The molecule has 92 valence electrons. The second-order valence-corrected chi connectivity index (χ2v) is 6.31. The molecule has 0 spiro atoms. The van der Waals surface area contributed by atoms with E-state index in [2.05, 4.69) is 3.97 Å². The van der Waals surface area contributed by atoms with Crippen LogP contribution in [-0.2, 0) is 27.7 Å². The molecule has 0 aliphatic heterocycles. The monoisotopic (exact) mass is 260 g/mol. The van der Waals surface area contributed by atoms with Crippen LogP contribution < -0.4 is 0 Å². The molecular weight excluding hydrogens is 243 g/mol. The Morgan fingerprint density at radius 2 is 1.47 bits per heavy atom. The van der Waals surface area contributed by atoms with E-state index in [0.717, 1.165) is 6.26 Å². The SMILES string of the molecule is CCCOP(=O)(OCCC)OS(C)(=O)=O. The largest absolute Gasteiger partial charge is 0.489 e. The maximum atomic E-state index is 11.7. The molecule has 0 atom stereocenters. The maximum absolute atomic E-state index is 11.7.